The highest BCUT2D eigenvalue weighted by molar-refractivity contribution is 5.97. The first-order valence-corrected chi connectivity index (χ1v) is 12.0. The molecule has 164 valence electrons. The van der Waals surface area contributed by atoms with Gasteiger partial charge in [0.1, 0.15) is 0 Å². The predicted molar refractivity (Wildman–Crippen MR) is 143 cm³/mol. The predicted octanol–water partition coefficient (Wildman–Crippen LogP) is 8.64. The highest BCUT2D eigenvalue weighted by Crippen LogP contribution is 2.59. The van der Waals surface area contributed by atoms with Crippen molar-refractivity contribution in [3.63, 3.8) is 0 Å². The van der Waals surface area contributed by atoms with Crippen molar-refractivity contribution in [1.29, 1.82) is 0 Å². The summed E-state index contributed by atoms with van der Waals surface area (Å²) in [5.74, 6) is 0. The van der Waals surface area contributed by atoms with Gasteiger partial charge in [0.05, 0.1) is 5.41 Å². The van der Waals surface area contributed by atoms with E-state index < -0.39 is 0 Å². The van der Waals surface area contributed by atoms with E-state index in [0.717, 1.165) is 0 Å². The quantitative estimate of drug-likeness (QED) is 0.260. The third-order valence-corrected chi connectivity index (χ3v) is 7.60. The lowest BCUT2D eigenvalue weighted by Gasteiger charge is -2.34. The molecule has 0 saturated heterocycles. The fraction of sp³-hybridized carbons (Fsp3) is 0.118. The van der Waals surface area contributed by atoms with Gasteiger partial charge < -0.3 is 0 Å². The van der Waals surface area contributed by atoms with Gasteiger partial charge in [-0.15, -0.1) is 0 Å². The van der Waals surface area contributed by atoms with Crippen LogP contribution in [0.4, 0.5) is 0 Å². The van der Waals surface area contributed by atoms with Crippen molar-refractivity contribution in [1.82, 2.24) is 0 Å². The van der Waals surface area contributed by atoms with Crippen LogP contribution in [0, 0.1) is 20.8 Å². The number of aryl methyl sites for hydroxylation is 2. The van der Waals surface area contributed by atoms with E-state index in [1.807, 2.05) is 0 Å². The van der Waals surface area contributed by atoms with Gasteiger partial charge in [0.25, 0.3) is 0 Å². The van der Waals surface area contributed by atoms with E-state index in [1.165, 1.54) is 61.2 Å². The maximum absolute atomic E-state index is 2.45. The second-order valence-corrected chi connectivity index (χ2v) is 9.51. The highest BCUT2D eigenvalue weighted by Gasteiger charge is 2.47. The summed E-state index contributed by atoms with van der Waals surface area (Å²) in [4.78, 5) is 0. The maximum atomic E-state index is 2.45. The Morgan fingerprint density at radius 1 is 0.500 bits per heavy atom. The molecule has 0 fully saturated rings. The van der Waals surface area contributed by atoms with Crippen molar-refractivity contribution in [2.45, 2.75) is 26.2 Å². The molecule has 0 amide bonds. The summed E-state index contributed by atoms with van der Waals surface area (Å²) in [6, 6.07) is 42.6. The van der Waals surface area contributed by atoms with Crippen LogP contribution in [0.25, 0.3) is 22.3 Å². The number of rotatable bonds is 3. The van der Waals surface area contributed by atoms with E-state index in [0.29, 0.717) is 0 Å². The Kier molecular flexibility index (Phi) is 4.78. The van der Waals surface area contributed by atoms with Crippen LogP contribution in [-0.4, -0.2) is 0 Å². The molecule has 5 aromatic rings. The van der Waals surface area contributed by atoms with Crippen molar-refractivity contribution in [3.8, 4) is 22.3 Å². The van der Waals surface area contributed by atoms with Crippen LogP contribution in [0.15, 0.2) is 115 Å². The molecule has 0 heterocycles. The molecular formula is C34H28. The van der Waals surface area contributed by atoms with Gasteiger partial charge in [-0.2, -0.15) is 0 Å². The molecule has 6 rings (SSSR count). The van der Waals surface area contributed by atoms with E-state index in [2.05, 4.69) is 136 Å². The Bertz CT molecular complexity index is 1450. The average molecular weight is 437 g/mol. The number of fused-ring (bicyclic) bond motifs is 3. The zero-order chi connectivity index (χ0) is 23.3. The van der Waals surface area contributed by atoms with E-state index in [-0.39, 0.29) is 5.41 Å². The summed E-state index contributed by atoms with van der Waals surface area (Å²) in [6.45, 7) is 6.69. The minimum Gasteiger partial charge on any atom is -0.0622 e. The fourth-order valence-electron chi connectivity index (χ4n) is 5.91. The minimum absolute atomic E-state index is 0.355. The lowest BCUT2D eigenvalue weighted by atomic mass is 9.67. The van der Waals surface area contributed by atoms with Gasteiger partial charge in [-0.1, -0.05) is 121 Å². The van der Waals surface area contributed by atoms with Gasteiger partial charge in [-0.3, -0.25) is 0 Å². The van der Waals surface area contributed by atoms with Crippen molar-refractivity contribution >= 4 is 0 Å². The summed E-state index contributed by atoms with van der Waals surface area (Å²) >= 11 is 0. The van der Waals surface area contributed by atoms with Crippen molar-refractivity contribution < 1.29 is 0 Å². The van der Waals surface area contributed by atoms with Crippen LogP contribution in [0.3, 0.4) is 0 Å². The molecule has 5 aromatic carbocycles. The second-order valence-electron chi connectivity index (χ2n) is 9.51. The summed E-state index contributed by atoms with van der Waals surface area (Å²) < 4.78 is 0. The zero-order valence-electron chi connectivity index (χ0n) is 20.0. The standard InChI is InChI=1S/C34H28/c1-23-18-20-26(21-19-23)32-25(3)24(2)22-31-33(32)29-16-10-11-17-30(29)34(31,27-12-6-4-7-13-27)28-14-8-5-9-15-28/h4-22H,1-3H3. The topological polar surface area (TPSA) is 0 Å². The van der Waals surface area contributed by atoms with Crippen molar-refractivity contribution in [3.05, 3.63) is 154 Å². The Labute approximate surface area is 202 Å². The molecule has 1 aliphatic carbocycles. The molecular weight excluding hydrogens is 408 g/mol. The van der Waals surface area contributed by atoms with Crippen LogP contribution in [0.5, 0.6) is 0 Å². The monoisotopic (exact) mass is 436 g/mol. The van der Waals surface area contributed by atoms with Crippen LogP contribution in [0.2, 0.25) is 0 Å². The molecule has 0 radical (unpaired) electrons. The van der Waals surface area contributed by atoms with Crippen LogP contribution in [0.1, 0.15) is 38.9 Å². The van der Waals surface area contributed by atoms with Gasteiger partial charge in [0.15, 0.2) is 0 Å². The van der Waals surface area contributed by atoms with E-state index in [9.17, 15) is 0 Å². The second kappa shape index (κ2) is 7.85. The molecule has 0 heteroatoms. The first kappa shape index (κ1) is 20.7. The third kappa shape index (κ3) is 2.85. The molecule has 1 aliphatic rings. The van der Waals surface area contributed by atoms with E-state index >= 15 is 0 Å². The number of hydrogen-bond donors (Lipinski definition) is 0. The maximum Gasteiger partial charge on any atom is 0.0713 e. The van der Waals surface area contributed by atoms with Gasteiger partial charge >= 0.3 is 0 Å². The Hall–Kier alpha value is -3.90. The number of hydrogen-bond acceptors (Lipinski definition) is 0. The third-order valence-electron chi connectivity index (χ3n) is 7.60. The molecule has 0 nitrogen and oxygen atoms in total. The van der Waals surface area contributed by atoms with Gasteiger partial charge in [0.2, 0.25) is 0 Å². The van der Waals surface area contributed by atoms with Gasteiger partial charge in [0, 0.05) is 0 Å². The molecule has 0 saturated carbocycles. The minimum atomic E-state index is -0.355. The normalized spacial score (nSPS) is 13.4. The van der Waals surface area contributed by atoms with Gasteiger partial charge in [-0.25, -0.2) is 0 Å². The molecule has 0 aliphatic heterocycles. The van der Waals surface area contributed by atoms with E-state index in [1.54, 1.807) is 0 Å². The molecule has 0 atom stereocenters. The first-order chi connectivity index (χ1) is 16.6. The Morgan fingerprint density at radius 3 is 1.68 bits per heavy atom. The van der Waals surface area contributed by atoms with Crippen LogP contribution < -0.4 is 0 Å². The molecule has 0 unspecified atom stereocenters. The summed E-state index contributed by atoms with van der Waals surface area (Å²) in [5.41, 5.74) is 14.3. The first-order valence-electron chi connectivity index (χ1n) is 12.0. The number of benzene rings is 5. The Balaban J connectivity index is 1.82. The smallest absolute Gasteiger partial charge is 0.0622 e. The highest BCUT2D eigenvalue weighted by atomic mass is 14.5. The molecule has 0 N–H and O–H groups in total. The lowest BCUT2D eigenvalue weighted by molar-refractivity contribution is 0.767. The van der Waals surface area contributed by atoms with Crippen molar-refractivity contribution in [2.24, 2.45) is 0 Å². The molecule has 0 bridgehead atoms. The zero-order valence-corrected chi connectivity index (χ0v) is 20.0. The summed E-state index contributed by atoms with van der Waals surface area (Å²) in [7, 11) is 0. The largest absolute Gasteiger partial charge is 0.0713 e. The van der Waals surface area contributed by atoms with Crippen LogP contribution >= 0.6 is 0 Å². The lowest BCUT2D eigenvalue weighted by Crippen LogP contribution is -2.28. The average Bonchev–Trinajstić information content (AvgIpc) is 3.17. The molecule has 0 aromatic heterocycles. The van der Waals surface area contributed by atoms with E-state index in [4.69, 9.17) is 0 Å². The SMILES string of the molecule is Cc1ccc(-c2c(C)c(C)cc3c2-c2ccccc2C3(c2ccccc2)c2ccccc2)cc1. The molecule has 0 spiro atoms. The summed E-state index contributed by atoms with van der Waals surface area (Å²) in [6.07, 6.45) is 0. The summed E-state index contributed by atoms with van der Waals surface area (Å²) in [5, 5.41) is 0. The fourth-order valence-corrected chi connectivity index (χ4v) is 5.91. The van der Waals surface area contributed by atoms with Gasteiger partial charge in [-0.05, 0) is 76.4 Å². The molecule has 34 heavy (non-hydrogen) atoms. The Morgan fingerprint density at radius 2 is 1.06 bits per heavy atom. The van der Waals surface area contributed by atoms with Crippen molar-refractivity contribution in [2.75, 3.05) is 0 Å². The van der Waals surface area contributed by atoms with Crippen LogP contribution in [-0.2, 0) is 5.41 Å².